The zero-order valence-electron chi connectivity index (χ0n) is 29.9. The molecule has 0 spiro atoms. The van der Waals surface area contributed by atoms with Crippen LogP contribution in [0.3, 0.4) is 0 Å². The molecule has 4 rings (SSSR count). The molecule has 0 aromatic heterocycles. The van der Waals surface area contributed by atoms with Gasteiger partial charge in [0.1, 0.15) is 22.8 Å². The summed E-state index contributed by atoms with van der Waals surface area (Å²) in [6.07, 6.45) is 13.9. The molecule has 48 heavy (non-hydrogen) atoms. The second kappa shape index (κ2) is 40.4. The summed E-state index contributed by atoms with van der Waals surface area (Å²) in [5.41, 5.74) is 2.56. The molecule has 287 valence electrons. The number of hydrogen-bond acceptors (Lipinski definition) is 8. The van der Waals surface area contributed by atoms with E-state index in [1.54, 1.807) is 0 Å². The topological polar surface area (TPSA) is 187 Å². The molecular weight excluding hydrogens is 929 g/mol. The summed E-state index contributed by atoms with van der Waals surface area (Å²) >= 11 is -0.226. The van der Waals surface area contributed by atoms with Crippen LogP contribution in [0.15, 0.2) is 44.5 Å². The number of allylic oxidation sites excluding steroid dienone is 2. The Morgan fingerprint density at radius 3 is 0.979 bits per heavy atom. The molecule has 0 saturated carbocycles. The average molecular weight is 990 g/mol. The van der Waals surface area contributed by atoms with Crippen LogP contribution in [0.1, 0.15) is 93.9 Å². The van der Waals surface area contributed by atoms with Gasteiger partial charge >= 0.3 is 55.6 Å². The van der Waals surface area contributed by atoms with Gasteiger partial charge in [0.15, 0.2) is 0 Å². The van der Waals surface area contributed by atoms with Crippen LogP contribution in [0.2, 0.25) is 0 Å². The number of halogens is 2. The van der Waals surface area contributed by atoms with Gasteiger partial charge in [0.2, 0.25) is 0 Å². The summed E-state index contributed by atoms with van der Waals surface area (Å²) in [6, 6.07) is 0. The first kappa shape index (κ1) is 53.7. The van der Waals surface area contributed by atoms with Gasteiger partial charge in [0.05, 0.1) is 0 Å². The predicted molar refractivity (Wildman–Crippen MR) is 197 cm³/mol. The van der Waals surface area contributed by atoms with Crippen molar-refractivity contribution in [1.29, 1.82) is 0 Å². The number of nitrogens with zero attached hydrogens (tertiary/aromatic N) is 8. The van der Waals surface area contributed by atoms with Gasteiger partial charge in [-0.25, -0.2) is 0 Å². The Kier molecular flexibility index (Phi) is 45.2. The molecule has 0 aliphatic carbocycles. The molecule has 3 saturated heterocycles. The number of oxime groups is 4. The fraction of sp³-hybridized carbons (Fsp3) is 0.750. The van der Waals surface area contributed by atoms with E-state index in [2.05, 4.69) is 75.7 Å². The third kappa shape index (κ3) is 39.4. The van der Waals surface area contributed by atoms with Crippen LogP contribution in [0.5, 0.6) is 0 Å². The largest absolute Gasteiger partial charge is 2.00 e. The van der Waals surface area contributed by atoms with Crippen molar-refractivity contribution in [1.82, 2.24) is 0 Å². The summed E-state index contributed by atoms with van der Waals surface area (Å²) in [6.45, 7) is 22.7. The zero-order valence-corrected chi connectivity index (χ0v) is 35.4. The quantitative estimate of drug-likeness (QED) is 0.0929. The predicted octanol–water partition coefficient (Wildman–Crippen LogP) is 9.95. The van der Waals surface area contributed by atoms with Crippen molar-refractivity contribution in [3.05, 3.63) is 45.2 Å². The minimum Gasteiger partial charge on any atom is 2.00 e. The van der Waals surface area contributed by atoms with Crippen LogP contribution in [0.4, 0.5) is 0 Å². The minimum absolute atomic E-state index is 0. The zero-order chi connectivity index (χ0) is 36.3. The van der Waals surface area contributed by atoms with E-state index in [1.807, 2.05) is 12.3 Å². The van der Waals surface area contributed by atoms with Gasteiger partial charge in [-0.1, -0.05) is 97.6 Å². The summed E-state index contributed by atoms with van der Waals surface area (Å²) in [4.78, 5) is 0. The Morgan fingerprint density at radius 1 is 0.625 bits per heavy atom. The van der Waals surface area contributed by atoms with Crippen molar-refractivity contribution in [2.45, 2.75) is 93.9 Å². The summed E-state index contributed by atoms with van der Waals surface area (Å²) in [5.74, 6) is 2.83. The Balaban J connectivity index is -0.000000237. The Morgan fingerprint density at radius 2 is 0.875 bits per heavy atom. The van der Waals surface area contributed by atoms with E-state index in [1.165, 1.54) is 71.8 Å². The molecule has 3 fully saturated rings. The standard InChI is InChI=1S/3C6H12N.C6H8N.2C4H8N2O2.2ClH.Pt.Rh/c4*1-6-2-4-7-5-3-6;2*1-3(5-7)4(2)6-8;;;;/h3*6H,2-5H2,1H3;2-4H,5H2,1H3;2*7-8H,1-2H3;2*1H;;/q4*-1;;;;;2*+2/p-2/b;;;;2*5-3+,6-4+;;;;. The second-order valence-electron chi connectivity index (χ2n) is 11.5. The molecule has 4 aliphatic rings. The first-order valence-electron chi connectivity index (χ1n) is 15.9. The average Bonchev–Trinajstić information content (AvgIpc) is 3.10. The molecule has 0 radical (unpaired) electrons. The maximum Gasteiger partial charge on any atom is 2.00 e. The SMILES string of the molecule is CC(=N\O)/C(C)=N/O.CC(=N\O)/C(C)=N/O.CC1=CC[N-]C=C1.CC1CC[N-]CC1.CC1CC[N-]CC1.CC1CC[N-]CC1.[Cl][Rh][Cl].[Pt+2]. The van der Waals surface area contributed by atoms with Crippen LogP contribution in [-0.2, 0) is 36.2 Å². The summed E-state index contributed by atoms with van der Waals surface area (Å²) in [5, 5.41) is 59.9. The Hall–Kier alpha value is -1.07. The smallest absolute Gasteiger partial charge is 2.00 e. The van der Waals surface area contributed by atoms with Crippen LogP contribution >= 0.6 is 19.4 Å². The maximum absolute atomic E-state index is 8.03. The molecule has 12 nitrogen and oxygen atoms in total. The van der Waals surface area contributed by atoms with Crippen LogP contribution < -0.4 is 0 Å². The van der Waals surface area contributed by atoms with Gasteiger partial charge in [-0.3, -0.25) is 0 Å². The van der Waals surface area contributed by atoms with E-state index in [-0.39, 0.29) is 36.2 Å². The van der Waals surface area contributed by atoms with Gasteiger partial charge in [-0.2, -0.15) is 6.20 Å². The van der Waals surface area contributed by atoms with Crippen molar-refractivity contribution in [3.8, 4) is 0 Å². The molecule has 0 aromatic carbocycles. The number of hydrogen-bond donors (Lipinski definition) is 4. The van der Waals surface area contributed by atoms with Crippen LogP contribution in [0.25, 0.3) is 21.3 Å². The normalized spacial score (nSPS) is 18.9. The van der Waals surface area contributed by atoms with Gasteiger partial charge in [0, 0.05) is 0 Å². The molecular formula is C32H60Cl2N8O4PtRh-2. The monoisotopic (exact) mass is 988 g/mol. The van der Waals surface area contributed by atoms with Crippen LogP contribution in [-0.4, -0.2) is 89.5 Å². The van der Waals surface area contributed by atoms with Crippen molar-refractivity contribution < 1.29 is 57.0 Å². The Labute approximate surface area is 320 Å². The Bertz CT molecular complexity index is 809. The fourth-order valence-electron chi connectivity index (χ4n) is 3.42. The van der Waals surface area contributed by atoms with E-state index in [4.69, 9.17) is 40.2 Å². The fourth-order valence-corrected chi connectivity index (χ4v) is 3.42. The molecule has 0 aromatic rings. The number of rotatable bonds is 2. The molecule has 0 bridgehead atoms. The minimum atomic E-state index is -0.226. The third-order valence-corrected chi connectivity index (χ3v) is 7.29. The van der Waals surface area contributed by atoms with E-state index in [0.29, 0.717) is 22.8 Å². The first-order chi connectivity index (χ1) is 22.4. The van der Waals surface area contributed by atoms with E-state index < -0.39 is 0 Å². The molecule has 16 heteroatoms. The molecule has 4 aliphatic heterocycles. The van der Waals surface area contributed by atoms with Crippen LogP contribution in [0, 0.1) is 17.8 Å². The summed E-state index contributed by atoms with van der Waals surface area (Å²) < 4.78 is 0. The van der Waals surface area contributed by atoms with E-state index >= 15 is 0 Å². The van der Waals surface area contributed by atoms with Crippen molar-refractivity contribution in [2.24, 2.45) is 38.4 Å². The van der Waals surface area contributed by atoms with Crippen molar-refractivity contribution in [2.75, 3.05) is 45.8 Å². The summed E-state index contributed by atoms with van der Waals surface area (Å²) in [7, 11) is 9.67. The number of piperidine rings is 3. The molecule has 4 N–H and O–H groups in total. The van der Waals surface area contributed by atoms with Crippen molar-refractivity contribution >= 4 is 42.2 Å². The molecule has 0 amide bonds. The third-order valence-electron chi connectivity index (χ3n) is 7.29. The molecule has 0 unspecified atom stereocenters. The van der Waals surface area contributed by atoms with Gasteiger partial charge in [-0.05, 0) is 52.4 Å². The maximum atomic E-state index is 8.03. The molecule has 4 heterocycles. The van der Waals surface area contributed by atoms with E-state index in [9.17, 15) is 0 Å². The van der Waals surface area contributed by atoms with Gasteiger partial charge in [0.25, 0.3) is 0 Å². The van der Waals surface area contributed by atoms with Crippen molar-refractivity contribution in [3.63, 3.8) is 0 Å². The first-order valence-corrected chi connectivity index (χ1v) is 20.1. The van der Waals surface area contributed by atoms with Gasteiger partial charge in [-0.15, -0.1) is 45.8 Å². The molecule has 0 atom stereocenters. The van der Waals surface area contributed by atoms with Gasteiger partial charge < -0.3 is 42.1 Å². The second-order valence-corrected chi connectivity index (χ2v) is 14.0. The van der Waals surface area contributed by atoms with E-state index in [0.717, 1.165) is 63.6 Å².